The molecule has 0 bridgehead atoms. The molecule has 0 N–H and O–H groups in total. The highest BCUT2D eigenvalue weighted by Crippen LogP contribution is 2.07. The van der Waals surface area contributed by atoms with Gasteiger partial charge in [-0.25, -0.2) is 0 Å². The van der Waals surface area contributed by atoms with E-state index in [0.29, 0.717) is 4.45 Å². The summed E-state index contributed by atoms with van der Waals surface area (Å²) in [6.45, 7) is 7.99. The third-order valence-electron chi connectivity index (χ3n) is 1.35. The lowest BCUT2D eigenvalue weighted by molar-refractivity contribution is 0.196. The van der Waals surface area contributed by atoms with Crippen LogP contribution in [0.5, 0.6) is 0 Å². The van der Waals surface area contributed by atoms with E-state index in [1.807, 2.05) is 0 Å². The van der Waals surface area contributed by atoms with E-state index in [9.17, 15) is 0 Å². The SMILES string of the molecule is CCCO[SiH](OCCC)C(C)Br. The number of rotatable bonds is 7. The molecular weight excluding hydrogens is 236 g/mol. The van der Waals surface area contributed by atoms with Gasteiger partial charge in [0, 0.05) is 13.2 Å². The summed E-state index contributed by atoms with van der Waals surface area (Å²) in [7, 11) is -1.43. The first-order valence-corrected chi connectivity index (χ1v) is 7.12. The van der Waals surface area contributed by atoms with Crippen LogP contribution in [0, 0.1) is 0 Å². The quantitative estimate of drug-likeness (QED) is 0.513. The van der Waals surface area contributed by atoms with Crippen LogP contribution in [0.1, 0.15) is 33.6 Å². The molecule has 74 valence electrons. The number of hydrogen-bond donors (Lipinski definition) is 0. The molecule has 1 atom stereocenters. The fourth-order valence-corrected chi connectivity index (χ4v) is 3.26. The zero-order valence-electron chi connectivity index (χ0n) is 8.18. The summed E-state index contributed by atoms with van der Waals surface area (Å²) < 4.78 is 11.6. The monoisotopic (exact) mass is 254 g/mol. The van der Waals surface area contributed by atoms with Gasteiger partial charge in [-0.2, -0.15) is 0 Å². The van der Waals surface area contributed by atoms with Gasteiger partial charge in [-0.05, 0) is 12.8 Å². The normalized spacial score (nSPS) is 13.8. The van der Waals surface area contributed by atoms with Gasteiger partial charge in [0.1, 0.15) is 0 Å². The van der Waals surface area contributed by atoms with E-state index in [0.717, 1.165) is 26.1 Å². The van der Waals surface area contributed by atoms with Crippen molar-refractivity contribution in [2.75, 3.05) is 13.2 Å². The van der Waals surface area contributed by atoms with Gasteiger partial charge >= 0.3 is 9.28 Å². The Morgan fingerprint density at radius 1 is 1.17 bits per heavy atom. The molecule has 4 heteroatoms. The maximum absolute atomic E-state index is 5.62. The summed E-state index contributed by atoms with van der Waals surface area (Å²) >= 11 is 3.51. The first kappa shape index (κ1) is 12.6. The number of hydrogen-bond acceptors (Lipinski definition) is 2. The summed E-state index contributed by atoms with van der Waals surface area (Å²) in [5.41, 5.74) is 0. The van der Waals surface area contributed by atoms with Gasteiger partial charge in [0.15, 0.2) is 0 Å². The van der Waals surface area contributed by atoms with E-state index in [1.54, 1.807) is 0 Å². The van der Waals surface area contributed by atoms with E-state index in [2.05, 4.69) is 36.7 Å². The van der Waals surface area contributed by atoms with Crippen LogP contribution in [0.25, 0.3) is 0 Å². The maximum atomic E-state index is 5.62. The Morgan fingerprint density at radius 2 is 1.58 bits per heavy atom. The van der Waals surface area contributed by atoms with Gasteiger partial charge in [0.2, 0.25) is 0 Å². The van der Waals surface area contributed by atoms with Gasteiger partial charge in [0.25, 0.3) is 0 Å². The predicted molar refractivity (Wildman–Crippen MR) is 58.0 cm³/mol. The fourth-order valence-electron chi connectivity index (χ4n) is 0.781. The zero-order valence-corrected chi connectivity index (χ0v) is 10.9. The summed E-state index contributed by atoms with van der Waals surface area (Å²) in [4.78, 5) is 0. The molecule has 0 heterocycles. The van der Waals surface area contributed by atoms with E-state index in [1.165, 1.54) is 0 Å². The second-order valence-corrected chi connectivity index (χ2v) is 7.61. The van der Waals surface area contributed by atoms with Gasteiger partial charge in [0.05, 0.1) is 4.45 Å². The van der Waals surface area contributed by atoms with Crippen molar-refractivity contribution >= 4 is 25.2 Å². The summed E-state index contributed by atoms with van der Waals surface area (Å²) in [5, 5.41) is 0. The maximum Gasteiger partial charge on any atom is 0.335 e. The molecule has 0 aromatic rings. The lowest BCUT2D eigenvalue weighted by atomic mass is 10.5. The van der Waals surface area contributed by atoms with Crippen molar-refractivity contribution in [3.8, 4) is 0 Å². The molecule has 0 aliphatic carbocycles. The van der Waals surface area contributed by atoms with Gasteiger partial charge in [-0.1, -0.05) is 36.7 Å². The van der Waals surface area contributed by atoms with Crippen LogP contribution in [0.3, 0.4) is 0 Å². The van der Waals surface area contributed by atoms with Crippen LogP contribution in [-0.2, 0) is 8.85 Å². The Kier molecular flexibility index (Phi) is 8.65. The molecule has 0 aliphatic rings. The largest absolute Gasteiger partial charge is 0.396 e. The van der Waals surface area contributed by atoms with E-state index in [-0.39, 0.29) is 0 Å². The fraction of sp³-hybridized carbons (Fsp3) is 1.00. The Bertz CT molecular complexity index is 93.1. The summed E-state index contributed by atoms with van der Waals surface area (Å²) in [6, 6.07) is 0. The average Bonchev–Trinajstić information content (AvgIpc) is 2.04. The van der Waals surface area contributed by atoms with Crippen LogP contribution < -0.4 is 0 Å². The minimum Gasteiger partial charge on any atom is -0.396 e. The Balaban J connectivity index is 3.55. The summed E-state index contributed by atoms with van der Waals surface area (Å²) in [5.74, 6) is 0. The first-order chi connectivity index (χ1) is 5.72. The number of halogens is 1. The lowest BCUT2D eigenvalue weighted by Gasteiger charge is -2.17. The van der Waals surface area contributed by atoms with Crippen molar-refractivity contribution in [2.45, 2.75) is 38.1 Å². The molecule has 0 aliphatic heterocycles. The van der Waals surface area contributed by atoms with Gasteiger partial charge < -0.3 is 8.85 Å². The molecule has 0 saturated heterocycles. The Hall–Kier alpha value is 0.617. The Morgan fingerprint density at radius 3 is 1.83 bits per heavy atom. The van der Waals surface area contributed by atoms with Crippen LogP contribution in [0.4, 0.5) is 0 Å². The third-order valence-corrected chi connectivity index (χ3v) is 4.52. The number of alkyl halides is 1. The Labute approximate surface area is 85.6 Å². The smallest absolute Gasteiger partial charge is 0.335 e. The van der Waals surface area contributed by atoms with Gasteiger partial charge in [-0.3, -0.25) is 0 Å². The molecule has 0 spiro atoms. The van der Waals surface area contributed by atoms with Gasteiger partial charge in [-0.15, -0.1) is 0 Å². The molecule has 0 amide bonds. The van der Waals surface area contributed by atoms with E-state index in [4.69, 9.17) is 8.85 Å². The van der Waals surface area contributed by atoms with Crippen LogP contribution in [-0.4, -0.2) is 26.9 Å². The predicted octanol–water partition coefficient (Wildman–Crippen LogP) is 2.38. The first-order valence-electron chi connectivity index (χ1n) is 4.59. The summed E-state index contributed by atoms with van der Waals surface area (Å²) in [6.07, 6.45) is 2.14. The molecule has 2 nitrogen and oxygen atoms in total. The van der Waals surface area contributed by atoms with Crippen LogP contribution in [0.2, 0.25) is 0 Å². The topological polar surface area (TPSA) is 18.5 Å². The molecule has 0 saturated carbocycles. The van der Waals surface area contributed by atoms with Crippen molar-refractivity contribution in [3.05, 3.63) is 0 Å². The molecule has 0 aromatic carbocycles. The van der Waals surface area contributed by atoms with Crippen molar-refractivity contribution in [1.29, 1.82) is 0 Å². The lowest BCUT2D eigenvalue weighted by Crippen LogP contribution is -2.32. The van der Waals surface area contributed by atoms with Crippen molar-refractivity contribution in [1.82, 2.24) is 0 Å². The highest BCUT2D eigenvalue weighted by Gasteiger charge is 2.18. The van der Waals surface area contributed by atoms with Crippen LogP contribution in [0.15, 0.2) is 0 Å². The highest BCUT2D eigenvalue weighted by molar-refractivity contribution is 9.10. The third kappa shape index (κ3) is 6.17. The minimum atomic E-state index is -1.43. The zero-order chi connectivity index (χ0) is 9.40. The van der Waals surface area contributed by atoms with Crippen molar-refractivity contribution in [2.24, 2.45) is 0 Å². The van der Waals surface area contributed by atoms with Crippen LogP contribution >= 0.6 is 15.9 Å². The van der Waals surface area contributed by atoms with E-state index < -0.39 is 9.28 Å². The molecule has 1 unspecified atom stereocenters. The molecule has 0 fully saturated rings. The molecule has 0 aromatic heterocycles. The van der Waals surface area contributed by atoms with E-state index >= 15 is 0 Å². The molecule has 0 rings (SSSR count). The van der Waals surface area contributed by atoms with Crippen molar-refractivity contribution < 1.29 is 8.85 Å². The van der Waals surface area contributed by atoms with Crippen molar-refractivity contribution in [3.63, 3.8) is 0 Å². The second kappa shape index (κ2) is 8.23. The minimum absolute atomic E-state index is 0.399. The average molecular weight is 255 g/mol. The standard InChI is InChI=1S/C8H19BrO2Si/c1-4-6-10-12(8(3)9)11-7-5-2/h8,12H,4-7H2,1-3H3. The molecule has 12 heavy (non-hydrogen) atoms. The molecule has 0 radical (unpaired) electrons. The molecular formula is C8H19BrO2Si. The second-order valence-electron chi connectivity index (χ2n) is 2.79. The highest BCUT2D eigenvalue weighted by atomic mass is 79.9.